The van der Waals surface area contributed by atoms with Crippen LogP contribution in [0.3, 0.4) is 0 Å². The molecule has 0 radical (unpaired) electrons. The van der Waals surface area contributed by atoms with Crippen molar-refractivity contribution in [2.45, 2.75) is 12.5 Å². The number of amides is 1. The molecule has 0 saturated heterocycles. The SMILES string of the molecule is C[C@@](O)(CNC(=O)/C=C/c1ccccc1)c1cc2ccccc2o1. The maximum atomic E-state index is 11.9. The number of rotatable bonds is 5. The fraction of sp³-hybridized carbons (Fsp3) is 0.150. The second-order valence-corrected chi connectivity index (χ2v) is 5.88. The van der Waals surface area contributed by atoms with E-state index in [2.05, 4.69) is 5.32 Å². The van der Waals surface area contributed by atoms with Gasteiger partial charge in [0.2, 0.25) is 5.91 Å². The Bertz CT molecular complexity index is 830. The van der Waals surface area contributed by atoms with Gasteiger partial charge in [-0.25, -0.2) is 0 Å². The summed E-state index contributed by atoms with van der Waals surface area (Å²) in [7, 11) is 0. The highest BCUT2D eigenvalue weighted by Gasteiger charge is 2.27. The van der Waals surface area contributed by atoms with E-state index < -0.39 is 5.60 Å². The Morgan fingerprint density at radius 3 is 2.62 bits per heavy atom. The topological polar surface area (TPSA) is 62.5 Å². The highest BCUT2D eigenvalue weighted by Crippen LogP contribution is 2.27. The lowest BCUT2D eigenvalue weighted by atomic mass is 10.0. The van der Waals surface area contributed by atoms with Crippen molar-refractivity contribution in [3.8, 4) is 0 Å². The first-order chi connectivity index (χ1) is 11.5. The molecule has 0 aliphatic carbocycles. The number of carbonyl (C=O) groups is 1. The van der Waals surface area contributed by atoms with E-state index in [1.807, 2.05) is 54.6 Å². The summed E-state index contributed by atoms with van der Waals surface area (Å²) in [5.41, 5.74) is 0.370. The van der Waals surface area contributed by atoms with Gasteiger partial charge < -0.3 is 14.8 Å². The number of hydrogen-bond acceptors (Lipinski definition) is 3. The molecule has 0 spiro atoms. The van der Waals surface area contributed by atoms with Crippen LogP contribution in [0, 0.1) is 0 Å². The average Bonchev–Trinajstić information content (AvgIpc) is 3.04. The van der Waals surface area contributed by atoms with Gasteiger partial charge in [-0.1, -0.05) is 48.5 Å². The van der Waals surface area contributed by atoms with Crippen LogP contribution in [0.5, 0.6) is 0 Å². The Labute approximate surface area is 140 Å². The zero-order valence-corrected chi connectivity index (χ0v) is 13.4. The Kier molecular flexibility index (Phi) is 4.49. The van der Waals surface area contributed by atoms with Crippen LogP contribution in [0.1, 0.15) is 18.2 Å². The Balaban J connectivity index is 1.64. The standard InChI is InChI=1S/C20H19NO3/c1-20(23,18-13-16-9-5-6-10-17(16)24-18)14-21-19(22)12-11-15-7-3-2-4-8-15/h2-13,23H,14H2,1H3,(H,21,22)/b12-11+/t20-/m1/s1. The second-order valence-electron chi connectivity index (χ2n) is 5.88. The molecule has 24 heavy (non-hydrogen) atoms. The number of hydrogen-bond donors (Lipinski definition) is 2. The zero-order valence-electron chi connectivity index (χ0n) is 13.4. The Hall–Kier alpha value is -2.85. The van der Waals surface area contributed by atoms with Crippen molar-refractivity contribution in [3.63, 3.8) is 0 Å². The van der Waals surface area contributed by atoms with Gasteiger partial charge in [0.25, 0.3) is 0 Å². The summed E-state index contributed by atoms with van der Waals surface area (Å²) in [5.74, 6) is 0.159. The van der Waals surface area contributed by atoms with Crippen LogP contribution < -0.4 is 5.32 Å². The quantitative estimate of drug-likeness (QED) is 0.707. The average molecular weight is 321 g/mol. The van der Waals surface area contributed by atoms with Crippen LogP contribution in [0.25, 0.3) is 17.0 Å². The molecule has 3 rings (SSSR count). The molecule has 2 aromatic carbocycles. The van der Waals surface area contributed by atoms with E-state index in [4.69, 9.17) is 4.42 Å². The molecule has 2 N–H and O–H groups in total. The van der Waals surface area contributed by atoms with E-state index in [-0.39, 0.29) is 12.5 Å². The normalized spacial score (nSPS) is 13.9. The van der Waals surface area contributed by atoms with Crippen molar-refractivity contribution < 1.29 is 14.3 Å². The lowest BCUT2D eigenvalue weighted by molar-refractivity contribution is -0.117. The van der Waals surface area contributed by atoms with Gasteiger partial charge in [0.1, 0.15) is 16.9 Å². The molecule has 1 aromatic heterocycles. The van der Waals surface area contributed by atoms with Crippen molar-refractivity contribution in [2.75, 3.05) is 6.54 Å². The monoisotopic (exact) mass is 321 g/mol. The number of fused-ring (bicyclic) bond motifs is 1. The summed E-state index contributed by atoms with van der Waals surface area (Å²) in [5, 5.41) is 14.2. The van der Waals surface area contributed by atoms with Crippen LogP contribution in [-0.2, 0) is 10.4 Å². The molecule has 122 valence electrons. The number of benzene rings is 2. The third-order valence-corrected chi connectivity index (χ3v) is 3.79. The number of nitrogens with one attached hydrogen (secondary N) is 1. The molecule has 0 bridgehead atoms. The zero-order chi connectivity index (χ0) is 17.0. The number of aliphatic hydroxyl groups is 1. The van der Waals surface area contributed by atoms with Crippen LogP contribution in [0.15, 0.2) is 71.2 Å². The van der Waals surface area contributed by atoms with Gasteiger partial charge in [0.05, 0.1) is 6.54 Å². The van der Waals surface area contributed by atoms with Crippen molar-refractivity contribution in [3.05, 3.63) is 78.1 Å². The van der Waals surface area contributed by atoms with Crippen LogP contribution in [-0.4, -0.2) is 17.6 Å². The molecule has 0 unspecified atom stereocenters. The molecule has 1 heterocycles. The molecule has 3 aromatic rings. The lowest BCUT2D eigenvalue weighted by Gasteiger charge is -2.20. The molecule has 0 saturated carbocycles. The van der Waals surface area contributed by atoms with Gasteiger partial charge in [-0.2, -0.15) is 0 Å². The van der Waals surface area contributed by atoms with Gasteiger partial charge in [0.15, 0.2) is 0 Å². The fourth-order valence-corrected chi connectivity index (χ4v) is 2.39. The third kappa shape index (κ3) is 3.73. The summed E-state index contributed by atoms with van der Waals surface area (Å²) in [6.07, 6.45) is 3.18. The highest BCUT2D eigenvalue weighted by atomic mass is 16.4. The largest absolute Gasteiger partial charge is 0.458 e. The predicted molar refractivity (Wildman–Crippen MR) is 94.3 cm³/mol. The van der Waals surface area contributed by atoms with Crippen LogP contribution in [0.2, 0.25) is 0 Å². The third-order valence-electron chi connectivity index (χ3n) is 3.79. The summed E-state index contributed by atoms with van der Waals surface area (Å²) in [6, 6.07) is 18.9. The summed E-state index contributed by atoms with van der Waals surface area (Å²) < 4.78 is 5.68. The summed E-state index contributed by atoms with van der Waals surface area (Å²) in [4.78, 5) is 11.9. The number of furan rings is 1. The molecule has 0 fully saturated rings. The maximum Gasteiger partial charge on any atom is 0.244 e. The predicted octanol–water partition coefficient (Wildman–Crippen LogP) is 3.47. The van der Waals surface area contributed by atoms with Crippen LogP contribution >= 0.6 is 0 Å². The van der Waals surface area contributed by atoms with Gasteiger partial charge in [0, 0.05) is 11.5 Å². The molecule has 1 atom stereocenters. The maximum absolute atomic E-state index is 11.9. The molecular weight excluding hydrogens is 302 g/mol. The van der Waals surface area contributed by atoms with Crippen molar-refractivity contribution in [2.24, 2.45) is 0 Å². The number of carbonyl (C=O) groups excluding carboxylic acids is 1. The molecule has 0 aliphatic rings. The van der Waals surface area contributed by atoms with E-state index in [0.717, 1.165) is 10.9 Å². The minimum Gasteiger partial charge on any atom is -0.458 e. The van der Waals surface area contributed by atoms with Gasteiger partial charge in [-0.3, -0.25) is 4.79 Å². The highest BCUT2D eigenvalue weighted by molar-refractivity contribution is 5.91. The first kappa shape index (κ1) is 16.0. The van der Waals surface area contributed by atoms with Crippen molar-refractivity contribution >= 4 is 23.0 Å². The van der Waals surface area contributed by atoms with E-state index >= 15 is 0 Å². The summed E-state index contributed by atoms with van der Waals surface area (Å²) in [6.45, 7) is 1.68. The van der Waals surface area contributed by atoms with Gasteiger partial charge in [-0.15, -0.1) is 0 Å². The molecule has 4 heteroatoms. The smallest absolute Gasteiger partial charge is 0.244 e. The van der Waals surface area contributed by atoms with Crippen molar-refractivity contribution in [1.82, 2.24) is 5.32 Å². The van der Waals surface area contributed by atoms with Gasteiger partial charge in [-0.05, 0) is 30.7 Å². The Morgan fingerprint density at radius 2 is 1.88 bits per heavy atom. The first-order valence-corrected chi connectivity index (χ1v) is 7.77. The molecule has 1 amide bonds. The second kappa shape index (κ2) is 6.72. The van der Waals surface area contributed by atoms with Crippen LogP contribution in [0.4, 0.5) is 0 Å². The first-order valence-electron chi connectivity index (χ1n) is 7.77. The van der Waals surface area contributed by atoms with E-state index in [0.29, 0.717) is 11.3 Å². The molecule has 4 nitrogen and oxygen atoms in total. The Morgan fingerprint density at radius 1 is 1.17 bits per heavy atom. The van der Waals surface area contributed by atoms with E-state index in [9.17, 15) is 9.90 Å². The minimum absolute atomic E-state index is 0.0603. The molecule has 0 aliphatic heterocycles. The number of para-hydroxylation sites is 1. The molecular formula is C20H19NO3. The lowest BCUT2D eigenvalue weighted by Crippen LogP contribution is -2.37. The van der Waals surface area contributed by atoms with E-state index in [1.165, 1.54) is 6.08 Å². The minimum atomic E-state index is -1.28. The van der Waals surface area contributed by atoms with Gasteiger partial charge >= 0.3 is 0 Å². The van der Waals surface area contributed by atoms with Crippen molar-refractivity contribution in [1.29, 1.82) is 0 Å². The summed E-state index contributed by atoms with van der Waals surface area (Å²) >= 11 is 0. The van der Waals surface area contributed by atoms with E-state index in [1.54, 1.807) is 19.1 Å². The fourth-order valence-electron chi connectivity index (χ4n) is 2.39.